The van der Waals surface area contributed by atoms with E-state index in [0.717, 1.165) is 5.56 Å². The summed E-state index contributed by atoms with van der Waals surface area (Å²) in [5, 5.41) is 37.5. The van der Waals surface area contributed by atoms with E-state index in [1.54, 1.807) is 62.4 Å². The smallest absolute Gasteiger partial charge is 0.329 e. The van der Waals surface area contributed by atoms with E-state index in [1.807, 2.05) is 44.2 Å². The Morgan fingerprint density at radius 3 is 1.54 bits per heavy atom. The first-order chi connectivity index (χ1) is 42.4. The molecule has 506 valence electrons. The van der Waals surface area contributed by atoms with Crippen molar-refractivity contribution >= 4 is 76.8 Å². The van der Waals surface area contributed by atoms with Crippen molar-refractivity contribution < 1.29 is 67.4 Å². The molecule has 1 fully saturated rings. The van der Waals surface area contributed by atoms with Crippen LogP contribution in [0.3, 0.4) is 0 Å². The molecule has 1 aliphatic rings. The van der Waals surface area contributed by atoms with Crippen LogP contribution >= 0.6 is 0 Å². The number of carbonyl (C=O) groups is 12. The van der Waals surface area contributed by atoms with Gasteiger partial charge < -0.3 is 80.2 Å². The lowest BCUT2D eigenvalue weighted by Gasteiger charge is -2.31. The van der Waals surface area contributed by atoms with Crippen molar-refractivity contribution in [2.45, 2.75) is 220 Å². The molecule has 28 nitrogen and oxygen atoms in total. The quantitative estimate of drug-likeness (QED) is 0.0172. The number of carbonyl (C=O) groups excluding carboxylic acids is 12. The zero-order valence-electron chi connectivity index (χ0n) is 54.8. The number of hydrogen-bond acceptors (Lipinski definition) is 16. The van der Waals surface area contributed by atoms with Crippen LogP contribution in [-0.2, 0) is 68.7 Å². The Labute approximate surface area is 529 Å². The Morgan fingerprint density at radius 1 is 0.600 bits per heavy atom. The first-order valence-corrected chi connectivity index (χ1v) is 31.6. The van der Waals surface area contributed by atoms with Crippen LogP contribution in [0.15, 0.2) is 35.3 Å². The monoisotopic (exact) mass is 1270 g/mol. The number of cyclic esters (lactones) is 1. The molecular weight excluding hydrogens is 1160 g/mol. The molecule has 0 aromatic heterocycles. The number of esters is 1. The van der Waals surface area contributed by atoms with Gasteiger partial charge in [0.05, 0.1) is 12.6 Å². The number of guanidine groups is 1. The lowest BCUT2D eigenvalue weighted by atomic mass is 9.93. The molecule has 28 heteroatoms. The number of rotatable bonds is 35. The standard InChI is InChI=1S/C62H104N14O14/c1-14-32(6)46(73-55(83)42(66-13)30-39-23-20-19-21-24-39)57(85)69-40(25-22-28-67-62(64)65)53(81)68-41(26-27-45(63)79)54(82)72-49(35(9)17-4)59(87)74-47(33(7)15-2)58(86)70-43(31-77)56(84)76-51-38(12)90-61(89)50(36(10)18-5)75-60(88)48(34(8)16-3)71-52(80)37(11)29-44(51)78/h19-21,23-24,32-38,40-43,46-51,66,77H,14-18,22,25-31H2,1-13H3,(H2,63,79)(H,68,81)(H,69,85)(H,70,86)(H,71,80)(H,72,82)(H,73,83)(H,74,87)(H,75,88)(H,76,84)(H4,64,65,67)/t32-,33-,34?,35+,36-,37+,38-,40-,41+,42+,43-,46-,47-,48-,49+,50-,51+/m0/s1. The van der Waals surface area contributed by atoms with E-state index in [4.69, 9.17) is 21.9 Å². The Kier molecular flexibility index (Phi) is 34.3. The Balaban J connectivity index is 2.50. The van der Waals surface area contributed by atoms with Crippen molar-refractivity contribution in [3.05, 3.63) is 35.9 Å². The van der Waals surface area contributed by atoms with Crippen LogP contribution in [-0.4, -0.2) is 169 Å². The van der Waals surface area contributed by atoms with Gasteiger partial charge in [-0.15, -0.1) is 0 Å². The molecule has 17 atom stereocenters. The maximum atomic E-state index is 14.5. The van der Waals surface area contributed by atoms with Gasteiger partial charge in [0.1, 0.15) is 60.5 Å². The average Bonchev–Trinajstić information content (AvgIpc) is 1.57. The summed E-state index contributed by atoms with van der Waals surface area (Å²) in [6.45, 7) is 19.2. The number of aliphatic imine (C=N–C) groups is 1. The SMILES string of the molecule is CCC(C)[C@@H]1NC(=O)[C@H](C)CC(=O)[C@H](NC(=O)[C@H](CO)NC(=O)[C@@H](NC(=O)[C@H](NC(=O)[C@@H](CCC(N)=O)NC(=O)[C@H](CCCN=C(N)N)NC(=O)[C@@H](NC(=O)[C@@H](Cc2ccccc2)NC)[C@@H](C)CC)[C@H](C)CC)[C@@H](C)CC)[C@H](C)OC(=O)[C@H]([C@@H](C)CC)NC1=O. The molecule has 1 aromatic rings. The summed E-state index contributed by atoms with van der Waals surface area (Å²) in [6, 6.07) is -4.04. The summed E-state index contributed by atoms with van der Waals surface area (Å²) in [7, 11) is 1.62. The summed E-state index contributed by atoms with van der Waals surface area (Å²) in [4.78, 5) is 171. The number of ether oxygens (including phenoxy) is 1. The van der Waals surface area contributed by atoms with Gasteiger partial charge in [0.15, 0.2) is 11.7 Å². The molecule has 1 unspecified atom stereocenters. The number of Topliss-reactive ketones (excluding diaryl/α,β-unsaturated/α-hetero) is 1. The van der Waals surface area contributed by atoms with Crippen molar-refractivity contribution in [2.75, 3.05) is 20.2 Å². The van der Waals surface area contributed by atoms with Crippen LogP contribution in [0.25, 0.3) is 0 Å². The van der Waals surface area contributed by atoms with Crippen molar-refractivity contribution in [3.8, 4) is 0 Å². The number of nitrogens with one attached hydrogen (secondary N) is 10. The summed E-state index contributed by atoms with van der Waals surface area (Å²) < 4.78 is 5.77. The minimum Gasteiger partial charge on any atom is -0.458 e. The molecule has 0 radical (unpaired) electrons. The third-order valence-electron chi connectivity index (χ3n) is 17.0. The zero-order valence-corrected chi connectivity index (χ0v) is 54.8. The van der Waals surface area contributed by atoms with Gasteiger partial charge in [-0.3, -0.25) is 57.7 Å². The lowest BCUT2D eigenvalue weighted by Crippen LogP contribution is -2.62. The molecular formula is C62H104N14O14. The van der Waals surface area contributed by atoms with Crippen LogP contribution in [0.5, 0.6) is 0 Å². The van der Waals surface area contributed by atoms with Gasteiger partial charge >= 0.3 is 5.97 Å². The Morgan fingerprint density at radius 2 is 1.06 bits per heavy atom. The van der Waals surface area contributed by atoms with Gasteiger partial charge in [-0.25, -0.2) is 4.79 Å². The summed E-state index contributed by atoms with van der Waals surface area (Å²) >= 11 is 0. The van der Waals surface area contributed by atoms with E-state index in [1.165, 1.54) is 13.8 Å². The number of nitrogens with two attached hydrogens (primary N) is 3. The highest BCUT2D eigenvalue weighted by molar-refractivity contribution is 6.00. The van der Waals surface area contributed by atoms with Gasteiger partial charge in [-0.05, 0) is 74.8 Å². The number of amides is 10. The van der Waals surface area contributed by atoms with Crippen molar-refractivity contribution in [1.82, 2.24) is 53.2 Å². The minimum absolute atomic E-state index is 0.0424. The molecule has 1 saturated heterocycles. The fourth-order valence-corrected chi connectivity index (χ4v) is 9.82. The molecule has 0 spiro atoms. The third-order valence-corrected chi connectivity index (χ3v) is 17.0. The number of hydrogen-bond donors (Lipinski definition) is 14. The number of aliphatic hydroxyl groups excluding tert-OH is 1. The molecule has 1 aliphatic heterocycles. The fraction of sp³-hybridized carbons (Fsp3) is 0.694. The molecule has 10 amide bonds. The first-order valence-electron chi connectivity index (χ1n) is 31.6. The predicted octanol–water partition coefficient (Wildman–Crippen LogP) is -0.737. The fourth-order valence-electron chi connectivity index (χ4n) is 9.82. The van der Waals surface area contributed by atoms with E-state index >= 15 is 0 Å². The van der Waals surface area contributed by atoms with E-state index in [0.29, 0.717) is 25.7 Å². The number of primary amides is 1. The van der Waals surface area contributed by atoms with E-state index in [2.05, 4.69) is 58.2 Å². The number of likely N-dealkylation sites (N-methyl/N-ethyl adjacent to an activating group) is 1. The molecule has 2 rings (SSSR count). The molecule has 90 heavy (non-hydrogen) atoms. The van der Waals surface area contributed by atoms with Gasteiger partial charge in [0.2, 0.25) is 59.1 Å². The number of ketones is 1. The molecule has 0 saturated carbocycles. The summed E-state index contributed by atoms with van der Waals surface area (Å²) in [6.07, 6.45) is -0.377. The van der Waals surface area contributed by atoms with Gasteiger partial charge in [0.25, 0.3) is 0 Å². The number of nitrogens with zero attached hydrogens (tertiary/aromatic N) is 1. The molecule has 0 bridgehead atoms. The third kappa shape index (κ3) is 24.9. The summed E-state index contributed by atoms with van der Waals surface area (Å²) in [5.74, 6) is -13.5. The predicted molar refractivity (Wildman–Crippen MR) is 337 cm³/mol. The second kappa shape index (κ2) is 39.4. The topological polar surface area (TPSA) is 445 Å². The van der Waals surface area contributed by atoms with Gasteiger partial charge in [-0.1, -0.05) is 139 Å². The highest BCUT2D eigenvalue weighted by atomic mass is 16.5. The maximum absolute atomic E-state index is 14.5. The number of aliphatic hydroxyl groups is 1. The lowest BCUT2D eigenvalue weighted by molar-refractivity contribution is -0.157. The van der Waals surface area contributed by atoms with Crippen LogP contribution < -0.4 is 70.4 Å². The molecule has 1 heterocycles. The zero-order chi connectivity index (χ0) is 68.1. The molecule has 0 aliphatic carbocycles. The maximum Gasteiger partial charge on any atom is 0.329 e. The summed E-state index contributed by atoms with van der Waals surface area (Å²) in [5.41, 5.74) is 17.5. The average molecular weight is 1270 g/mol. The van der Waals surface area contributed by atoms with Crippen LogP contribution in [0, 0.1) is 35.5 Å². The second-order valence-corrected chi connectivity index (χ2v) is 23.9. The molecule has 1 aromatic carbocycles. The van der Waals surface area contributed by atoms with Crippen molar-refractivity contribution in [3.63, 3.8) is 0 Å². The Bertz CT molecular complexity index is 2610. The van der Waals surface area contributed by atoms with Crippen molar-refractivity contribution in [1.29, 1.82) is 0 Å². The normalized spacial score (nSPS) is 21.3. The van der Waals surface area contributed by atoms with E-state index in [-0.39, 0.29) is 50.5 Å². The van der Waals surface area contributed by atoms with Gasteiger partial charge in [-0.2, -0.15) is 0 Å². The van der Waals surface area contributed by atoms with E-state index in [9.17, 15) is 62.6 Å². The van der Waals surface area contributed by atoms with Crippen molar-refractivity contribution in [2.24, 2.45) is 57.7 Å². The van der Waals surface area contributed by atoms with Crippen LogP contribution in [0.1, 0.15) is 153 Å². The highest BCUT2D eigenvalue weighted by Crippen LogP contribution is 2.20. The first kappa shape index (κ1) is 78.3. The Hall–Kier alpha value is -7.75. The second-order valence-electron chi connectivity index (χ2n) is 23.9. The van der Waals surface area contributed by atoms with Crippen LogP contribution in [0.4, 0.5) is 0 Å². The molecule has 17 N–H and O–H groups in total. The largest absolute Gasteiger partial charge is 0.458 e. The minimum atomic E-state index is -1.78. The van der Waals surface area contributed by atoms with E-state index < -0.39 is 186 Å². The van der Waals surface area contributed by atoms with Crippen LogP contribution in [0.2, 0.25) is 0 Å². The van der Waals surface area contributed by atoms with Gasteiger partial charge in [0, 0.05) is 25.3 Å². The highest BCUT2D eigenvalue weighted by Gasteiger charge is 2.41. The number of benzene rings is 1.